The van der Waals surface area contributed by atoms with Gasteiger partial charge in [0.15, 0.2) is 12.2 Å². The fraction of sp³-hybridized carbons (Fsp3) is 0.951. The number of phosphoric ester groups is 2. The van der Waals surface area contributed by atoms with Crippen molar-refractivity contribution in [1.82, 2.24) is 0 Å². The molecule has 0 rings (SSSR count). The van der Waals surface area contributed by atoms with Crippen LogP contribution in [0.1, 0.15) is 427 Å². The number of aliphatic hydroxyl groups excluding tert-OH is 1. The molecule has 0 saturated heterocycles. The van der Waals surface area contributed by atoms with E-state index in [0.717, 1.165) is 108 Å². The normalized spacial score (nSPS) is 14.2. The first kappa shape index (κ1) is 98.1. The van der Waals surface area contributed by atoms with E-state index < -0.39 is 97.5 Å². The molecule has 100 heavy (non-hydrogen) atoms. The number of phosphoric acid groups is 2. The van der Waals surface area contributed by atoms with Gasteiger partial charge in [-0.1, -0.05) is 375 Å². The lowest BCUT2D eigenvalue weighted by molar-refractivity contribution is -0.161. The van der Waals surface area contributed by atoms with Crippen molar-refractivity contribution in [3.63, 3.8) is 0 Å². The topological polar surface area (TPSA) is 237 Å². The van der Waals surface area contributed by atoms with Crippen molar-refractivity contribution in [2.45, 2.75) is 445 Å². The van der Waals surface area contributed by atoms with Gasteiger partial charge in [0.2, 0.25) is 0 Å². The largest absolute Gasteiger partial charge is 0.472 e. The third-order valence-electron chi connectivity index (χ3n) is 19.3. The number of unbranched alkanes of at least 4 members (excludes halogenated alkanes) is 49. The number of hydrogen-bond donors (Lipinski definition) is 3. The molecule has 3 N–H and O–H groups in total. The Morgan fingerprint density at radius 1 is 0.290 bits per heavy atom. The molecule has 0 heterocycles. The summed E-state index contributed by atoms with van der Waals surface area (Å²) in [4.78, 5) is 72.9. The minimum Gasteiger partial charge on any atom is -0.462 e. The van der Waals surface area contributed by atoms with E-state index in [1.54, 1.807) is 0 Å². The summed E-state index contributed by atoms with van der Waals surface area (Å²) in [7, 11) is -9.92. The van der Waals surface area contributed by atoms with Gasteiger partial charge in [0.25, 0.3) is 0 Å². The van der Waals surface area contributed by atoms with Gasteiger partial charge in [-0.3, -0.25) is 37.3 Å². The number of carbonyl (C=O) groups excluding carboxylic acids is 4. The number of rotatable bonds is 80. The number of aliphatic hydroxyl groups is 1. The van der Waals surface area contributed by atoms with E-state index in [0.29, 0.717) is 25.7 Å². The Bertz CT molecular complexity index is 1930. The molecular weight excluding hydrogens is 1310 g/mol. The van der Waals surface area contributed by atoms with Crippen LogP contribution in [0.25, 0.3) is 0 Å². The smallest absolute Gasteiger partial charge is 0.462 e. The Labute approximate surface area is 613 Å². The maximum absolute atomic E-state index is 13.1. The Kier molecular flexibility index (Phi) is 71.2. The Hall–Kier alpha value is -1.94. The van der Waals surface area contributed by atoms with E-state index in [1.807, 2.05) is 0 Å². The van der Waals surface area contributed by atoms with Gasteiger partial charge in [0.1, 0.15) is 19.3 Å². The van der Waals surface area contributed by atoms with E-state index in [2.05, 4.69) is 41.5 Å². The van der Waals surface area contributed by atoms with Gasteiger partial charge in [0, 0.05) is 25.7 Å². The zero-order chi connectivity index (χ0) is 73.5. The van der Waals surface area contributed by atoms with Crippen LogP contribution in [0, 0.1) is 11.8 Å². The number of ether oxygens (including phenoxy) is 4. The van der Waals surface area contributed by atoms with Crippen LogP contribution in [0.3, 0.4) is 0 Å². The molecule has 0 aliphatic carbocycles. The van der Waals surface area contributed by atoms with Crippen molar-refractivity contribution in [3.8, 4) is 0 Å². The summed E-state index contributed by atoms with van der Waals surface area (Å²) in [6.07, 6.45) is 62.5. The van der Waals surface area contributed by atoms with E-state index in [4.69, 9.17) is 37.0 Å². The SMILES string of the molecule is CCCCCCCCCCCCCCCCCCCCCCC(=O)O[C@H](COC(=O)CCCCCCCCCCCCCCCCC(C)CC)COP(=O)(O)OC[C@@H](O)COP(=O)(O)OC[C@@H](COC(=O)CCCCCCCCCC)OC(=O)CCCCCCCCCCCCCC(C)C. The molecule has 0 aromatic heterocycles. The van der Waals surface area contributed by atoms with Crippen molar-refractivity contribution in [2.24, 2.45) is 11.8 Å². The lowest BCUT2D eigenvalue weighted by Gasteiger charge is -2.21. The monoisotopic (exact) mass is 1470 g/mol. The minimum absolute atomic E-state index is 0.106. The Morgan fingerprint density at radius 3 is 0.760 bits per heavy atom. The Morgan fingerprint density at radius 2 is 0.510 bits per heavy atom. The molecule has 0 spiro atoms. The lowest BCUT2D eigenvalue weighted by atomic mass is 9.99. The number of esters is 4. The van der Waals surface area contributed by atoms with Gasteiger partial charge in [-0.25, -0.2) is 9.13 Å². The summed E-state index contributed by atoms with van der Waals surface area (Å²) in [6.45, 7) is 9.66. The number of hydrogen-bond acceptors (Lipinski definition) is 15. The third-order valence-corrected chi connectivity index (χ3v) is 21.2. The average Bonchev–Trinajstić information content (AvgIpc) is 0.970. The fourth-order valence-electron chi connectivity index (χ4n) is 12.5. The molecule has 0 aliphatic heterocycles. The van der Waals surface area contributed by atoms with Gasteiger partial charge in [-0.15, -0.1) is 0 Å². The van der Waals surface area contributed by atoms with Crippen molar-refractivity contribution in [3.05, 3.63) is 0 Å². The van der Waals surface area contributed by atoms with Crippen LogP contribution in [0.2, 0.25) is 0 Å². The molecule has 594 valence electrons. The van der Waals surface area contributed by atoms with Gasteiger partial charge in [-0.2, -0.15) is 0 Å². The summed E-state index contributed by atoms with van der Waals surface area (Å²) in [5.74, 6) is -0.496. The molecule has 0 fully saturated rings. The van der Waals surface area contributed by atoms with Crippen LogP contribution >= 0.6 is 15.6 Å². The maximum atomic E-state index is 13.1. The average molecular weight is 1470 g/mol. The molecule has 0 saturated carbocycles. The van der Waals surface area contributed by atoms with Crippen LogP contribution in [-0.2, 0) is 65.4 Å². The molecule has 6 atom stereocenters. The molecule has 0 aromatic carbocycles. The van der Waals surface area contributed by atoms with Crippen LogP contribution in [-0.4, -0.2) is 96.7 Å². The first-order chi connectivity index (χ1) is 48.4. The maximum Gasteiger partial charge on any atom is 0.472 e. The van der Waals surface area contributed by atoms with Gasteiger partial charge >= 0.3 is 39.5 Å². The van der Waals surface area contributed by atoms with Gasteiger partial charge in [0.05, 0.1) is 26.4 Å². The molecule has 19 heteroatoms. The first-order valence-electron chi connectivity index (χ1n) is 42.0. The van der Waals surface area contributed by atoms with E-state index >= 15 is 0 Å². The second-order valence-electron chi connectivity index (χ2n) is 29.9. The highest BCUT2D eigenvalue weighted by Gasteiger charge is 2.30. The quantitative estimate of drug-likeness (QED) is 0.0222. The lowest BCUT2D eigenvalue weighted by Crippen LogP contribution is -2.30. The second-order valence-corrected chi connectivity index (χ2v) is 32.8. The second kappa shape index (κ2) is 72.6. The molecule has 0 aliphatic rings. The zero-order valence-corrected chi connectivity index (χ0v) is 67.3. The highest BCUT2D eigenvalue weighted by Crippen LogP contribution is 2.45. The summed E-state index contributed by atoms with van der Waals surface area (Å²) in [5, 5.41) is 10.6. The van der Waals surface area contributed by atoms with Crippen LogP contribution in [0.5, 0.6) is 0 Å². The van der Waals surface area contributed by atoms with Gasteiger partial charge < -0.3 is 33.8 Å². The molecule has 3 unspecified atom stereocenters. The highest BCUT2D eigenvalue weighted by atomic mass is 31.2. The van der Waals surface area contributed by atoms with E-state index in [9.17, 15) is 43.2 Å². The first-order valence-corrected chi connectivity index (χ1v) is 45.0. The zero-order valence-electron chi connectivity index (χ0n) is 65.5. The predicted octanol–water partition coefficient (Wildman–Crippen LogP) is 24.3. The van der Waals surface area contributed by atoms with Crippen LogP contribution < -0.4 is 0 Å². The predicted molar refractivity (Wildman–Crippen MR) is 409 cm³/mol. The van der Waals surface area contributed by atoms with Gasteiger partial charge in [-0.05, 0) is 37.5 Å². The highest BCUT2D eigenvalue weighted by molar-refractivity contribution is 7.47. The Balaban J connectivity index is 5.20. The fourth-order valence-corrected chi connectivity index (χ4v) is 14.1. The summed E-state index contributed by atoms with van der Waals surface area (Å²) < 4.78 is 68.6. The van der Waals surface area contributed by atoms with Crippen LogP contribution in [0.15, 0.2) is 0 Å². The molecule has 17 nitrogen and oxygen atoms in total. The van der Waals surface area contributed by atoms with Crippen LogP contribution in [0.4, 0.5) is 0 Å². The number of carbonyl (C=O) groups is 4. The van der Waals surface area contributed by atoms with Crippen molar-refractivity contribution in [1.29, 1.82) is 0 Å². The molecule has 0 bridgehead atoms. The van der Waals surface area contributed by atoms with Crippen molar-refractivity contribution in [2.75, 3.05) is 39.6 Å². The molecule has 0 amide bonds. The summed E-state index contributed by atoms with van der Waals surface area (Å²) in [6, 6.07) is 0. The summed E-state index contributed by atoms with van der Waals surface area (Å²) >= 11 is 0. The third kappa shape index (κ3) is 73.0. The van der Waals surface area contributed by atoms with E-state index in [1.165, 1.54) is 238 Å². The molecule has 0 radical (unpaired) electrons. The molecule has 0 aromatic rings. The van der Waals surface area contributed by atoms with E-state index in [-0.39, 0.29) is 25.7 Å². The standard InChI is InChI=1S/C81H158O17P2/c1-7-10-12-14-16-18-19-20-21-22-23-24-25-26-31-36-41-47-53-59-65-80(85)98-77(70-92-79(84)64-58-52-46-40-35-30-28-27-29-34-39-44-50-56-62-74(6)9-3)72-96-100(89,90)94-68-75(82)67-93-99(87,88)95-71-76(69-91-78(83)63-57-51-45-17-15-13-11-8-2)97-81(86)66-60-54-48-42-37-32-33-38-43-49-55-61-73(4)5/h73-77,82H,7-72H2,1-6H3,(H,87,88)(H,89,90)/t74?,75-,76+,77+/m0/s1. The summed E-state index contributed by atoms with van der Waals surface area (Å²) in [5.41, 5.74) is 0. The minimum atomic E-state index is -4.96. The van der Waals surface area contributed by atoms with Crippen molar-refractivity contribution >= 4 is 39.5 Å². The van der Waals surface area contributed by atoms with Crippen molar-refractivity contribution < 1.29 is 80.2 Å². The molecular formula is C81H158O17P2.